The van der Waals surface area contributed by atoms with Crippen molar-refractivity contribution in [3.63, 3.8) is 0 Å². The third-order valence-electron chi connectivity index (χ3n) is 5.05. The predicted molar refractivity (Wildman–Crippen MR) is 117 cm³/mol. The molecule has 0 bridgehead atoms. The summed E-state index contributed by atoms with van der Waals surface area (Å²) in [5.74, 6) is 2.12. The number of rotatable bonds is 6. The second-order valence-electron chi connectivity index (χ2n) is 7.14. The quantitative estimate of drug-likeness (QED) is 0.619. The SMILES string of the molecule is COc1cc2ncnc(Oc3ccc(NC(=O)NN4CCCCC4)cc3)c2cc1OC. The Hall–Kier alpha value is -3.59. The molecule has 0 spiro atoms. The number of ether oxygens (including phenoxy) is 3. The van der Waals surface area contributed by atoms with Crippen LogP contribution in [0, 0.1) is 0 Å². The second kappa shape index (κ2) is 9.48. The Kier molecular flexibility index (Phi) is 6.32. The summed E-state index contributed by atoms with van der Waals surface area (Å²) in [5.41, 5.74) is 4.22. The van der Waals surface area contributed by atoms with Crippen LogP contribution in [0.4, 0.5) is 10.5 Å². The van der Waals surface area contributed by atoms with Gasteiger partial charge in [0, 0.05) is 24.8 Å². The molecule has 1 aliphatic heterocycles. The lowest BCUT2D eigenvalue weighted by Crippen LogP contribution is -2.46. The molecule has 2 N–H and O–H groups in total. The van der Waals surface area contributed by atoms with E-state index < -0.39 is 0 Å². The summed E-state index contributed by atoms with van der Waals surface area (Å²) in [7, 11) is 3.14. The van der Waals surface area contributed by atoms with Gasteiger partial charge < -0.3 is 19.5 Å². The van der Waals surface area contributed by atoms with E-state index in [9.17, 15) is 4.79 Å². The Morgan fingerprint density at radius 3 is 2.39 bits per heavy atom. The normalized spacial score (nSPS) is 14.1. The van der Waals surface area contributed by atoms with Gasteiger partial charge in [-0.15, -0.1) is 0 Å². The highest BCUT2D eigenvalue weighted by molar-refractivity contribution is 5.89. The molecule has 162 valence electrons. The molecule has 31 heavy (non-hydrogen) atoms. The van der Waals surface area contributed by atoms with E-state index in [2.05, 4.69) is 20.7 Å². The van der Waals surface area contributed by atoms with Gasteiger partial charge in [-0.1, -0.05) is 6.42 Å². The summed E-state index contributed by atoms with van der Waals surface area (Å²) in [6, 6.07) is 10.4. The Morgan fingerprint density at radius 2 is 1.68 bits per heavy atom. The van der Waals surface area contributed by atoms with Crippen LogP contribution in [0.3, 0.4) is 0 Å². The van der Waals surface area contributed by atoms with Crippen LogP contribution < -0.4 is 25.0 Å². The van der Waals surface area contributed by atoms with E-state index in [1.807, 2.05) is 5.01 Å². The van der Waals surface area contributed by atoms with Crippen LogP contribution >= 0.6 is 0 Å². The number of nitrogens with zero attached hydrogens (tertiary/aromatic N) is 3. The van der Waals surface area contributed by atoms with Gasteiger partial charge in [-0.2, -0.15) is 0 Å². The smallest absolute Gasteiger partial charge is 0.333 e. The Balaban J connectivity index is 1.45. The maximum Gasteiger partial charge on any atom is 0.333 e. The minimum atomic E-state index is -0.251. The number of piperidine rings is 1. The average molecular weight is 423 g/mol. The fourth-order valence-electron chi connectivity index (χ4n) is 3.47. The topological polar surface area (TPSA) is 97.8 Å². The van der Waals surface area contributed by atoms with Crippen molar-refractivity contribution in [2.24, 2.45) is 0 Å². The zero-order chi connectivity index (χ0) is 21.6. The van der Waals surface area contributed by atoms with Gasteiger partial charge in [-0.05, 0) is 43.2 Å². The number of carbonyl (C=O) groups excluding carboxylic acids is 1. The number of methoxy groups -OCH3 is 2. The van der Waals surface area contributed by atoms with Crippen LogP contribution in [0.5, 0.6) is 23.1 Å². The summed E-state index contributed by atoms with van der Waals surface area (Å²) >= 11 is 0. The standard InChI is InChI=1S/C22H25N5O4/c1-29-19-12-17-18(13-20(19)30-2)23-14-24-21(17)31-16-8-6-15(7-9-16)25-22(28)26-27-10-4-3-5-11-27/h6-9,12-14H,3-5,10-11H2,1-2H3,(H2,25,26,28). The van der Waals surface area contributed by atoms with Crippen molar-refractivity contribution in [2.45, 2.75) is 19.3 Å². The number of benzene rings is 2. The summed E-state index contributed by atoms with van der Waals surface area (Å²) in [6.07, 6.45) is 4.85. The molecule has 1 fully saturated rings. The summed E-state index contributed by atoms with van der Waals surface area (Å²) < 4.78 is 16.7. The highest BCUT2D eigenvalue weighted by Gasteiger charge is 2.14. The molecule has 0 radical (unpaired) electrons. The molecule has 2 amide bonds. The monoisotopic (exact) mass is 423 g/mol. The zero-order valence-corrected chi connectivity index (χ0v) is 17.6. The van der Waals surface area contributed by atoms with Gasteiger partial charge in [-0.3, -0.25) is 5.43 Å². The van der Waals surface area contributed by atoms with E-state index in [-0.39, 0.29) is 6.03 Å². The molecule has 0 saturated carbocycles. The Bertz CT molecular complexity index is 1050. The number of hydrazine groups is 1. The van der Waals surface area contributed by atoms with Crippen molar-refractivity contribution in [2.75, 3.05) is 32.6 Å². The highest BCUT2D eigenvalue weighted by Crippen LogP contribution is 2.35. The summed E-state index contributed by atoms with van der Waals surface area (Å²) in [4.78, 5) is 20.7. The van der Waals surface area contributed by atoms with Crippen molar-refractivity contribution in [1.29, 1.82) is 0 Å². The maximum absolute atomic E-state index is 12.2. The molecule has 4 rings (SSSR count). The van der Waals surface area contributed by atoms with Crippen molar-refractivity contribution in [1.82, 2.24) is 20.4 Å². The lowest BCUT2D eigenvalue weighted by atomic mass is 10.2. The van der Waals surface area contributed by atoms with Gasteiger partial charge in [0.2, 0.25) is 5.88 Å². The molecule has 2 aromatic carbocycles. The van der Waals surface area contributed by atoms with E-state index in [0.29, 0.717) is 39.7 Å². The number of aromatic nitrogens is 2. The minimum Gasteiger partial charge on any atom is -0.493 e. The van der Waals surface area contributed by atoms with Gasteiger partial charge in [0.15, 0.2) is 11.5 Å². The molecule has 1 saturated heterocycles. The number of nitrogens with one attached hydrogen (secondary N) is 2. The van der Waals surface area contributed by atoms with Gasteiger partial charge in [0.25, 0.3) is 0 Å². The zero-order valence-electron chi connectivity index (χ0n) is 17.6. The molecule has 0 aliphatic carbocycles. The van der Waals surface area contributed by atoms with E-state index in [4.69, 9.17) is 14.2 Å². The van der Waals surface area contributed by atoms with Crippen LogP contribution in [0.1, 0.15) is 19.3 Å². The molecule has 0 unspecified atom stereocenters. The van der Waals surface area contributed by atoms with Crippen LogP contribution in [0.2, 0.25) is 0 Å². The average Bonchev–Trinajstić information content (AvgIpc) is 2.80. The van der Waals surface area contributed by atoms with E-state index >= 15 is 0 Å². The van der Waals surface area contributed by atoms with Crippen LogP contribution in [-0.2, 0) is 0 Å². The third-order valence-corrected chi connectivity index (χ3v) is 5.05. The van der Waals surface area contributed by atoms with Crippen molar-refractivity contribution in [3.05, 3.63) is 42.7 Å². The van der Waals surface area contributed by atoms with Crippen LogP contribution in [0.25, 0.3) is 10.9 Å². The number of hydrogen-bond donors (Lipinski definition) is 2. The second-order valence-corrected chi connectivity index (χ2v) is 7.14. The first-order chi connectivity index (χ1) is 15.2. The lowest BCUT2D eigenvalue weighted by Gasteiger charge is -2.26. The molecule has 9 heteroatoms. The van der Waals surface area contributed by atoms with E-state index in [0.717, 1.165) is 25.9 Å². The number of anilines is 1. The number of hydrogen-bond acceptors (Lipinski definition) is 7. The van der Waals surface area contributed by atoms with Gasteiger partial charge in [0.05, 0.1) is 25.1 Å². The van der Waals surface area contributed by atoms with Gasteiger partial charge in [-0.25, -0.2) is 19.8 Å². The molecule has 1 aromatic heterocycles. The third kappa shape index (κ3) is 4.95. The maximum atomic E-state index is 12.2. The predicted octanol–water partition coefficient (Wildman–Crippen LogP) is 3.96. The molecular weight excluding hydrogens is 398 g/mol. The molecule has 1 aliphatic rings. The number of fused-ring (bicyclic) bond motifs is 1. The van der Waals surface area contributed by atoms with Gasteiger partial charge in [0.1, 0.15) is 12.1 Å². The van der Waals surface area contributed by atoms with Crippen LogP contribution in [-0.4, -0.2) is 48.3 Å². The van der Waals surface area contributed by atoms with Crippen molar-refractivity contribution in [3.8, 4) is 23.1 Å². The fraction of sp³-hybridized carbons (Fsp3) is 0.318. The lowest BCUT2D eigenvalue weighted by molar-refractivity contribution is 0.162. The minimum absolute atomic E-state index is 0.251. The largest absolute Gasteiger partial charge is 0.493 e. The van der Waals surface area contributed by atoms with Gasteiger partial charge >= 0.3 is 6.03 Å². The molecule has 2 heterocycles. The Morgan fingerprint density at radius 1 is 0.968 bits per heavy atom. The van der Waals surface area contributed by atoms with Crippen LogP contribution in [0.15, 0.2) is 42.7 Å². The Labute approximate surface area is 180 Å². The van der Waals surface area contributed by atoms with E-state index in [1.54, 1.807) is 50.6 Å². The number of amides is 2. The van der Waals surface area contributed by atoms with Crippen molar-refractivity contribution < 1.29 is 19.0 Å². The first kappa shape index (κ1) is 20.7. The first-order valence-corrected chi connectivity index (χ1v) is 10.1. The molecule has 9 nitrogen and oxygen atoms in total. The number of carbonyl (C=O) groups is 1. The fourth-order valence-corrected chi connectivity index (χ4v) is 3.47. The summed E-state index contributed by atoms with van der Waals surface area (Å²) in [6.45, 7) is 1.76. The molecule has 3 aromatic rings. The molecular formula is C22H25N5O4. The van der Waals surface area contributed by atoms with E-state index in [1.165, 1.54) is 12.7 Å². The highest BCUT2D eigenvalue weighted by atomic mass is 16.5. The number of urea groups is 1. The molecule has 0 atom stereocenters. The summed E-state index contributed by atoms with van der Waals surface area (Å²) in [5, 5.41) is 5.48. The first-order valence-electron chi connectivity index (χ1n) is 10.1. The van der Waals surface area contributed by atoms with Crippen molar-refractivity contribution >= 4 is 22.6 Å².